The van der Waals surface area contributed by atoms with Crippen molar-refractivity contribution >= 4 is 45.4 Å². The van der Waals surface area contributed by atoms with Crippen molar-refractivity contribution in [3.8, 4) is 20.2 Å². The van der Waals surface area contributed by atoms with E-state index in [2.05, 4.69) is 56.3 Å². The zero-order valence-electron chi connectivity index (χ0n) is 34.5. The van der Waals surface area contributed by atoms with Crippen molar-refractivity contribution in [1.29, 1.82) is 0 Å². The van der Waals surface area contributed by atoms with E-state index in [1.807, 2.05) is 22.7 Å². The molecule has 0 amide bonds. The van der Waals surface area contributed by atoms with E-state index in [9.17, 15) is 0 Å². The summed E-state index contributed by atoms with van der Waals surface area (Å²) in [5, 5.41) is 0. The van der Waals surface area contributed by atoms with Crippen LogP contribution in [0.2, 0.25) is 0 Å². The summed E-state index contributed by atoms with van der Waals surface area (Å²) < 4.78 is 22.0. The number of rotatable bonds is 31. The van der Waals surface area contributed by atoms with E-state index in [0.717, 1.165) is 63.1 Å². The average Bonchev–Trinajstić information content (AvgIpc) is 3.97. The molecule has 1 aliphatic rings. The fourth-order valence-corrected chi connectivity index (χ4v) is 11.8. The highest BCUT2D eigenvalue weighted by Crippen LogP contribution is 2.60. The van der Waals surface area contributed by atoms with E-state index in [1.54, 1.807) is 5.56 Å². The van der Waals surface area contributed by atoms with Crippen molar-refractivity contribution in [2.45, 2.75) is 187 Å². The molecule has 54 heavy (non-hydrogen) atoms. The van der Waals surface area contributed by atoms with Gasteiger partial charge in [0.05, 0.1) is 11.7 Å². The summed E-state index contributed by atoms with van der Waals surface area (Å²) in [6.45, 7) is 12.5. The Hall–Kier alpha value is -1.64. The molecule has 0 spiro atoms. The summed E-state index contributed by atoms with van der Waals surface area (Å²) in [7, 11) is 0. The number of thiophene rings is 2. The van der Waals surface area contributed by atoms with Crippen LogP contribution in [0.25, 0.3) is 31.2 Å². The second kappa shape index (κ2) is 24.2. The lowest BCUT2D eigenvalue weighted by atomic mass is 9.72. The van der Waals surface area contributed by atoms with E-state index in [4.69, 9.17) is 13.8 Å². The second-order valence-corrected chi connectivity index (χ2v) is 19.1. The van der Waals surface area contributed by atoms with Gasteiger partial charge in [-0.1, -0.05) is 142 Å². The van der Waals surface area contributed by atoms with E-state index in [-0.39, 0.29) is 5.41 Å². The summed E-state index contributed by atoms with van der Waals surface area (Å²) in [5.41, 5.74) is 7.63. The van der Waals surface area contributed by atoms with Crippen molar-refractivity contribution in [1.82, 2.24) is 8.75 Å². The highest BCUT2D eigenvalue weighted by molar-refractivity contribution is 7.24. The first-order chi connectivity index (χ1) is 26.6. The maximum absolute atomic E-state index is 6.31. The third kappa shape index (κ3) is 12.4. The Balaban J connectivity index is 1.15. The van der Waals surface area contributed by atoms with Crippen LogP contribution in [0.3, 0.4) is 0 Å². The molecule has 0 unspecified atom stereocenters. The third-order valence-electron chi connectivity index (χ3n) is 11.8. The van der Waals surface area contributed by atoms with Crippen LogP contribution in [0, 0.1) is 13.8 Å². The first-order valence-corrected chi connectivity index (χ1v) is 24.6. The molecule has 300 valence electrons. The van der Waals surface area contributed by atoms with Crippen molar-refractivity contribution < 1.29 is 9.47 Å². The Morgan fingerprint density at radius 2 is 0.981 bits per heavy atom. The van der Waals surface area contributed by atoms with Gasteiger partial charge in [0.15, 0.2) is 0 Å². The van der Waals surface area contributed by atoms with Gasteiger partial charge in [0.25, 0.3) is 0 Å². The van der Waals surface area contributed by atoms with Crippen LogP contribution in [0.4, 0.5) is 0 Å². The topological polar surface area (TPSA) is 44.2 Å². The number of hydrogen-bond donors (Lipinski definition) is 0. The summed E-state index contributed by atoms with van der Waals surface area (Å²) in [6, 6.07) is 9.53. The molecule has 0 radical (unpaired) electrons. The molecule has 1 aromatic carbocycles. The lowest BCUT2D eigenvalue weighted by molar-refractivity contribution is 0.114. The van der Waals surface area contributed by atoms with Gasteiger partial charge < -0.3 is 9.47 Å². The van der Waals surface area contributed by atoms with Crippen LogP contribution >= 0.6 is 34.4 Å². The lowest BCUT2D eigenvalue weighted by Gasteiger charge is -2.31. The van der Waals surface area contributed by atoms with E-state index >= 15 is 0 Å². The Bertz CT molecular complexity index is 1590. The molecule has 0 saturated heterocycles. The van der Waals surface area contributed by atoms with Crippen molar-refractivity contribution in [3.63, 3.8) is 0 Å². The molecule has 5 rings (SSSR count). The van der Waals surface area contributed by atoms with Crippen molar-refractivity contribution in [2.24, 2.45) is 0 Å². The molecule has 0 fully saturated rings. The number of nitrogens with zero attached hydrogens (tertiary/aromatic N) is 2. The Morgan fingerprint density at radius 1 is 0.519 bits per heavy atom. The Morgan fingerprint density at radius 3 is 1.54 bits per heavy atom. The van der Waals surface area contributed by atoms with Gasteiger partial charge >= 0.3 is 0 Å². The third-order valence-corrected chi connectivity index (χ3v) is 14.7. The highest BCUT2D eigenvalue weighted by atomic mass is 32.1. The number of fused-ring (bicyclic) bond motifs is 4. The molecule has 1 aliphatic carbocycles. The molecular formula is C47H72N2O2S3. The number of aromatic nitrogens is 2. The van der Waals surface area contributed by atoms with Gasteiger partial charge in [-0.15, -0.1) is 22.7 Å². The molecule has 0 atom stereocenters. The quantitative estimate of drug-likeness (QED) is 0.0476. The maximum atomic E-state index is 6.31. The molecule has 0 bridgehead atoms. The molecule has 3 heterocycles. The molecule has 0 N–H and O–H groups in total. The smallest absolute Gasteiger partial charge is 0.113 e. The van der Waals surface area contributed by atoms with Crippen LogP contribution in [0.15, 0.2) is 24.3 Å². The van der Waals surface area contributed by atoms with Gasteiger partial charge in [-0.05, 0) is 81.2 Å². The summed E-state index contributed by atoms with van der Waals surface area (Å²) in [5.74, 6) is 0. The van der Waals surface area contributed by atoms with E-state index in [0.29, 0.717) is 0 Å². The minimum atomic E-state index is 0.00922. The minimum Gasteiger partial charge on any atom is -0.381 e. The molecule has 0 saturated carbocycles. The fourth-order valence-electron chi connectivity index (χ4n) is 8.62. The van der Waals surface area contributed by atoms with Crippen molar-refractivity contribution in [2.75, 3.05) is 26.4 Å². The fraction of sp³-hybridized carbons (Fsp3) is 0.702. The highest BCUT2D eigenvalue weighted by Gasteiger charge is 2.45. The summed E-state index contributed by atoms with van der Waals surface area (Å²) in [4.78, 5) is 5.72. The Labute approximate surface area is 341 Å². The SMILES string of the molecule is CCCCCCCCCCCCOCCCC1(CCCOCCCCCCCCCCCC)c2cc(C)sc2-c2sc(-c3ccc(C)c4nsnc34)cc21. The second-order valence-electron chi connectivity index (χ2n) is 16.2. The molecular weight excluding hydrogens is 721 g/mol. The molecule has 4 nitrogen and oxygen atoms in total. The largest absolute Gasteiger partial charge is 0.381 e. The zero-order valence-corrected chi connectivity index (χ0v) is 37.0. The lowest BCUT2D eigenvalue weighted by Crippen LogP contribution is -2.26. The van der Waals surface area contributed by atoms with Gasteiger partial charge in [0, 0.05) is 56.9 Å². The van der Waals surface area contributed by atoms with E-state index in [1.165, 1.54) is 176 Å². The van der Waals surface area contributed by atoms with Gasteiger partial charge in [-0.3, -0.25) is 0 Å². The van der Waals surface area contributed by atoms with Gasteiger partial charge in [0.1, 0.15) is 11.0 Å². The van der Waals surface area contributed by atoms with Crippen LogP contribution in [0.5, 0.6) is 0 Å². The van der Waals surface area contributed by atoms with Crippen LogP contribution < -0.4 is 0 Å². The molecule has 0 aliphatic heterocycles. The van der Waals surface area contributed by atoms with Gasteiger partial charge in [0.2, 0.25) is 0 Å². The zero-order chi connectivity index (χ0) is 37.9. The van der Waals surface area contributed by atoms with Gasteiger partial charge in [-0.25, -0.2) is 0 Å². The number of aryl methyl sites for hydroxylation is 2. The number of unbranched alkanes of at least 4 members (excludes halogenated alkanes) is 18. The summed E-state index contributed by atoms with van der Waals surface area (Å²) in [6.07, 6.45) is 31.7. The predicted octanol–water partition coefficient (Wildman–Crippen LogP) is 15.8. The normalized spacial score (nSPS) is 13.3. The van der Waals surface area contributed by atoms with Gasteiger partial charge in [-0.2, -0.15) is 8.75 Å². The first kappa shape index (κ1) is 43.5. The monoisotopic (exact) mass is 792 g/mol. The van der Waals surface area contributed by atoms with Crippen LogP contribution in [-0.2, 0) is 14.9 Å². The average molecular weight is 793 g/mol. The van der Waals surface area contributed by atoms with E-state index < -0.39 is 0 Å². The number of benzene rings is 1. The van der Waals surface area contributed by atoms with Crippen LogP contribution in [-0.4, -0.2) is 35.2 Å². The van der Waals surface area contributed by atoms with Crippen molar-refractivity contribution in [3.05, 3.63) is 45.8 Å². The molecule has 3 aromatic heterocycles. The Kier molecular flexibility index (Phi) is 19.5. The number of ether oxygens (including phenoxy) is 2. The van der Waals surface area contributed by atoms with Crippen LogP contribution in [0.1, 0.15) is 190 Å². The summed E-state index contributed by atoms with van der Waals surface area (Å²) >= 11 is 5.28. The standard InChI is InChI=1S/C47H72N2O2S3/c1-5-7-9-11-13-15-17-19-21-23-31-50-33-25-29-47(30-26-34-51-32-24-22-20-18-16-14-12-10-8-6-2)40-35-38(4)52-45(40)46-41(47)36-42(53-46)39-28-27-37(3)43-44(39)49-54-48-43/h27-28,35-36H,5-26,29-34H2,1-4H3. The first-order valence-electron chi connectivity index (χ1n) is 22.2. The maximum Gasteiger partial charge on any atom is 0.113 e. The molecule has 4 aromatic rings. The predicted molar refractivity (Wildman–Crippen MR) is 238 cm³/mol. The number of hydrogen-bond acceptors (Lipinski definition) is 7. The molecule has 7 heteroatoms. The minimum absolute atomic E-state index is 0.00922.